The van der Waals surface area contributed by atoms with Gasteiger partial charge in [0.05, 0.1) is 7.11 Å². The Kier molecular flexibility index (Phi) is 12.1. The molecule has 2 rings (SSSR count). The molecule has 1 aromatic carbocycles. The van der Waals surface area contributed by atoms with Crippen LogP contribution in [0.1, 0.15) is 51.0 Å². The third-order valence-electron chi connectivity index (χ3n) is 5.25. The van der Waals surface area contributed by atoms with Gasteiger partial charge in [-0.25, -0.2) is 0 Å². The second-order valence-electron chi connectivity index (χ2n) is 7.75. The Labute approximate surface area is 176 Å². The highest BCUT2D eigenvalue weighted by atomic mass is 16.5. The van der Waals surface area contributed by atoms with Crippen molar-refractivity contribution in [2.45, 2.75) is 58.1 Å². The van der Waals surface area contributed by atoms with Gasteiger partial charge in [0.15, 0.2) is 11.5 Å². The molecule has 0 radical (unpaired) electrons. The molecule has 0 saturated carbocycles. The minimum Gasteiger partial charge on any atom is -0.493 e. The number of ether oxygens (including phenoxy) is 3. The molecular formula is C23H40N2O4. The number of rotatable bonds is 13. The molecule has 0 unspecified atom stereocenters. The van der Waals surface area contributed by atoms with Gasteiger partial charge in [0, 0.05) is 26.3 Å². The van der Waals surface area contributed by atoms with Crippen LogP contribution in [0.4, 0.5) is 0 Å². The molecule has 1 aliphatic rings. The van der Waals surface area contributed by atoms with Crippen molar-refractivity contribution in [3.05, 3.63) is 23.8 Å². The lowest BCUT2D eigenvalue weighted by Gasteiger charge is -2.26. The number of nitrogens with zero attached hydrogens (tertiary/aromatic N) is 1. The number of aliphatic hydroxyl groups is 1. The number of benzene rings is 1. The van der Waals surface area contributed by atoms with Gasteiger partial charge < -0.3 is 29.5 Å². The van der Waals surface area contributed by atoms with Gasteiger partial charge >= 0.3 is 0 Å². The summed E-state index contributed by atoms with van der Waals surface area (Å²) in [4.78, 5) is 2.37. The van der Waals surface area contributed by atoms with Crippen LogP contribution in [0.15, 0.2) is 18.2 Å². The van der Waals surface area contributed by atoms with Crippen LogP contribution in [-0.4, -0.2) is 69.2 Å². The molecule has 0 amide bonds. The molecule has 1 heterocycles. The third kappa shape index (κ3) is 9.81. The summed E-state index contributed by atoms with van der Waals surface area (Å²) in [6, 6.07) is 5.96. The molecule has 1 atom stereocenters. The standard InChI is InChI=1S/C23H40N2O4/c1-3-28-15-9-12-24-17-20-10-11-22(27-2)23(16-20)29-19-21(26)18-25-13-7-5-4-6-8-14-25/h10-11,16,21,24,26H,3-9,12-15,17-19H2,1-2H3/t21-/m1/s1. The van der Waals surface area contributed by atoms with E-state index in [1.165, 1.54) is 32.1 Å². The van der Waals surface area contributed by atoms with Gasteiger partial charge in [-0.05, 0) is 63.5 Å². The van der Waals surface area contributed by atoms with Gasteiger partial charge in [-0.2, -0.15) is 0 Å². The fraction of sp³-hybridized carbons (Fsp3) is 0.739. The fourth-order valence-electron chi connectivity index (χ4n) is 3.65. The van der Waals surface area contributed by atoms with Crippen molar-refractivity contribution in [2.75, 3.05) is 53.1 Å². The zero-order valence-electron chi connectivity index (χ0n) is 18.3. The molecule has 0 spiro atoms. The van der Waals surface area contributed by atoms with Gasteiger partial charge in [0.2, 0.25) is 0 Å². The molecule has 1 aliphatic heterocycles. The number of hydrogen-bond donors (Lipinski definition) is 2. The summed E-state index contributed by atoms with van der Waals surface area (Å²) < 4.78 is 16.7. The molecule has 29 heavy (non-hydrogen) atoms. The van der Waals surface area contributed by atoms with Crippen LogP contribution in [0, 0.1) is 0 Å². The maximum Gasteiger partial charge on any atom is 0.161 e. The number of β-amino-alcohol motifs (C(OH)–C–C–N with tert-alkyl or cyclic N) is 1. The summed E-state index contributed by atoms with van der Waals surface area (Å²) in [6.07, 6.45) is 6.88. The van der Waals surface area contributed by atoms with Crippen LogP contribution in [0.5, 0.6) is 11.5 Å². The Balaban J connectivity index is 1.78. The number of aliphatic hydroxyl groups excluding tert-OH is 1. The topological polar surface area (TPSA) is 63.2 Å². The van der Waals surface area contributed by atoms with Crippen LogP contribution in [0.3, 0.4) is 0 Å². The predicted molar refractivity (Wildman–Crippen MR) is 117 cm³/mol. The van der Waals surface area contributed by atoms with E-state index in [-0.39, 0.29) is 6.61 Å². The maximum atomic E-state index is 10.5. The van der Waals surface area contributed by atoms with Crippen molar-refractivity contribution in [3.8, 4) is 11.5 Å². The van der Waals surface area contributed by atoms with E-state index >= 15 is 0 Å². The average Bonchev–Trinajstić information content (AvgIpc) is 2.71. The Morgan fingerprint density at radius 2 is 1.86 bits per heavy atom. The summed E-state index contributed by atoms with van der Waals surface area (Å²) in [6.45, 7) is 8.34. The van der Waals surface area contributed by atoms with Crippen molar-refractivity contribution in [1.82, 2.24) is 10.2 Å². The number of nitrogens with one attached hydrogen (secondary N) is 1. The normalized spacial score (nSPS) is 16.8. The van der Waals surface area contributed by atoms with Gasteiger partial charge in [-0.15, -0.1) is 0 Å². The van der Waals surface area contributed by atoms with E-state index in [2.05, 4.69) is 10.2 Å². The summed E-state index contributed by atoms with van der Waals surface area (Å²) in [7, 11) is 1.64. The third-order valence-corrected chi connectivity index (χ3v) is 5.25. The second kappa shape index (κ2) is 14.6. The highest BCUT2D eigenvalue weighted by Crippen LogP contribution is 2.28. The molecule has 2 N–H and O–H groups in total. The lowest BCUT2D eigenvalue weighted by atomic mass is 10.1. The fourth-order valence-corrected chi connectivity index (χ4v) is 3.65. The monoisotopic (exact) mass is 408 g/mol. The molecule has 1 fully saturated rings. The quantitative estimate of drug-likeness (QED) is 0.489. The molecule has 1 saturated heterocycles. The molecular weight excluding hydrogens is 368 g/mol. The van der Waals surface area contributed by atoms with E-state index < -0.39 is 6.10 Å². The highest BCUT2D eigenvalue weighted by Gasteiger charge is 2.15. The average molecular weight is 409 g/mol. The van der Waals surface area contributed by atoms with Crippen LogP contribution >= 0.6 is 0 Å². The van der Waals surface area contributed by atoms with Gasteiger partial charge in [-0.3, -0.25) is 0 Å². The molecule has 6 heteroatoms. The Morgan fingerprint density at radius 3 is 2.59 bits per heavy atom. The van der Waals surface area contributed by atoms with Crippen LogP contribution in [-0.2, 0) is 11.3 Å². The largest absolute Gasteiger partial charge is 0.493 e. The summed E-state index contributed by atoms with van der Waals surface area (Å²) in [5, 5.41) is 13.9. The molecule has 0 aliphatic carbocycles. The molecule has 0 aromatic heterocycles. The first-order valence-corrected chi connectivity index (χ1v) is 11.2. The molecule has 6 nitrogen and oxygen atoms in total. The van der Waals surface area contributed by atoms with E-state index in [1.54, 1.807) is 7.11 Å². The summed E-state index contributed by atoms with van der Waals surface area (Å²) in [5.41, 5.74) is 1.13. The number of hydrogen-bond acceptors (Lipinski definition) is 6. The summed E-state index contributed by atoms with van der Waals surface area (Å²) >= 11 is 0. The van der Waals surface area contributed by atoms with Gasteiger partial charge in [0.25, 0.3) is 0 Å². The highest BCUT2D eigenvalue weighted by molar-refractivity contribution is 5.43. The summed E-state index contributed by atoms with van der Waals surface area (Å²) in [5.74, 6) is 1.39. The van der Waals surface area contributed by atoms with Gasteiger partial charge in [0.1, 0.15) is 12.7 Å². The van der Waals surface area contributed by atoms with E-state index in [0.717, 1.165) is 51.4 Å². The van der Waals surface area contributed by atoms with Crippen molar-refractivity contribution < 1.29 is 19.3 Å². The van der Waals surface area contributed by atoms with E-state index in [9.17, 15) is 5.11 Å². The van der Waals surface area contributed by atoms with Crippen LogP contribution < -0.4 is 14.8 Å². The molecule has 0 bridgehead atoms. The lowest BCUT2D eigenvalue weighted by molar-refractivity contribution is 0.0644. The number of methoxy groups -OCH3 is 1. The van der Waals surface area contributed by atoms with Crippen molar-refractivity contribution >= 4 is 0 Å². The Hall–Kier alpha value is -1.34. The SMILES string of the molecule is CCOCCCNCc1ccc(OC)c(OC[C@H](O)CN2CCCCCCC2)c1. The van der Waals surface area contributed by atoms with Crippen LogP contribution in [0.2, 0.25) is 0 Å². The lowest BCUT2D eigenvalue weighted by Crippen LogP contribution is -2.37. The van der Waals surface area contributed by atoms with Crippen LogP contribution in [0.25, 0.3) is 0 Å². The van der Waals surface area contributed by atoms with Crippen molar-refractivity contribution in [1.29, 1.82) is 0 Å². The first-order valence-electron chi connectivity index (χ1n) is 11.2. The minimum atomic E-state index is -0.500. The van der Waals surface area contributed by atoms with E-state index in [0.29, 0.717) is 18.0 Å². The maximum absolute atomic E-state index is 10.5. The number of likely N-dealkylation sites (tertiary alicyclic amines) is 1. The Bertz CT molecular complexity index is 548. The smallest absolute Gasteiger partial charge is 0.161 e. The van der Waals surface area contributed by atoms with E-state index in [4.69, 9.17) is 14.2 Å². The molecule has 1 aromatic rings. The van der Waals surface area contributed by atoms with E-state index in [1.807, 2.05) is 25.1 Å². The van der Waals surface area contributed by atoms with Crippen molar-refractivity contribution in [2.24, 2.45) is 0 Å². The minimum absolute atomic E-state index is 0.276. The zero-order chi connectivity index (χ0) is 20.7. The first kappa shape index (κ1) is 23.9. The second-order valence-corrected chi connectivity index (χ2v) is 7.75. The zero-order valence-corrected chi connectivity index (χ0v) is 18.3. The first-order chi connectivity index (χ1) is 14.2. The predicted octanol–water partition coefficient (Wildman–Crippen LogP) is 3.22. The molecule has 166 valence electrons. The van der Waals surface area contributed by atoms with Gasteiger partial charge in [-0.1, -0.05) is 25.3 Å². The Morgan fingerprint density at radius 1 is 1.10 bits per heavy atom. The van der Waals surface area contributed by atoms with Crippen molar-refractivity contribution in [3.63, 3.8) is 0 Å².